The molecule has 5 heteroatoms. The van der Waals surface area contributed by atoms with Gasteiger partial charge in [0, 0.05) is 5.69 Å². The molecule has 3 N–H and O–H groups in total. The first kappa shape index (κ1) is 12.3. The Labute approximate surface area is 99.5 Å². The average molecular weight is 225 g/mol. The average Bonchev–Trinajstić information content (AvgIpc) is 2.36. The molecule has 5 nitrogen and oxygen atoms in total. The van der Waals surface area contributed by atoms with Gasteiger partial charge in [-0.15, -0.1) is 0 Å². The van der Waals surface area contributed by atoms with Gasteiger partial charge in [0.05, 0.1) is 6.34 Å². The van der Waals surface area contributed by atoms with Crippen molar-refractivity contribution in [1.82, 2.24) is 0 Å². The Bertz CT molecular complexity index is 525. The Balaban J connectivity index is 2.72. The highest BCUT2D eigenvalue weighted by Gasteiger charge is 1.97. The number of nitriles is 2. The minimum Gasteiger partial charge on any atom is -0.388 e. The summed E-state index contributed by atoms with van der Waals surface area (Å²) < 4.78 is 0. The third-order valence-corrected chi connectivity index (χ3v) is 1.96. The lowest BCUT2D eigenvalue weighted by atomic mass is 10.2. The second-order valence-corrected chi connectivity index (χ2v) is 3.25. The number of aliphatic imine (C=N–C) groups is 1. The maximum Gasteiger partial charge on any atom is 0.175 e. The Morgan fingerprint density at radius 2 is 1.94 bits per heavy atom. The highest BCUT2D eigenvalue weighted by molar-refractivity contribution is 5.76. The Hall–Kier alpha value is -2.79. The third-order valence-electron chi connectivity index (χ3n) is 1.96. The lowest BCUT2D eigenvalue weighted by molar-refractivity contribution is 1.27. The van der Waals surface area contributed by atoms with E-state index in [0.29, 0.717) is 0 Å². The van der Waals surface area contributed by atoms with Crippen LogP contribution in [0.15, 0.2) is 40.7 Å². The van der Waals surface area contributed by atoms with Gasteiger partial charge in [-0.3, -0.25) is 0 Å². The van der Waals surface area contributed by atoms with Gasteiger partial charge in [-0.05, 0) is 19.1 Å². The molecule has 0 saturated heterocycles. The number of rotatable bonds is 3. The van der Waals surface area contributed by atoms with E-state index >= 15 is 0 Å². The van der Waals surface area contributed by atoms with E-state index in [-0.39, 0.29) is 11.4 Å². The monoisotopic (exact) mass is 225 g/mol. The predicted octanol–water partition coefficient (Wildman–Crippen LogP) is 1.65. The van der Waals surface area contributed by atoms with Crippen molar-refractivity contribution >= 4 is 12.0 Å². The van der Waals surface area contributed by atoms with E-state index in [2.05, 4.69) is 10.3 Å². The fourth-order valence-electron chi connectivity index (χ4n) is 1.03. The van der Waals surface area contributed by atoms with Gasteiger partial charge in [-0.2, -0.15) is 10.5 Å². The van der Waals surface area contributed by atoms with Gasteiger partial charge in [-0.1, -0.05) is 17.7 Å². The van der Waals surface area contributed by atoms with Gasteiger partial charge in [0.25, 0.3) is 0 Å². The van der Waals surface area contributed by atoms with E-state index < -0.39 is 0 Å². The van der Waals surface area contributed by atoms with Crippen LogP contribution in [0.2, 0.25) is 0 Å². The first-order chi connectivity index (χ1) is 8.17. The lowest BCUT2D eigenvalue weighted by Gasteiger charge is -1.99. The zero-order valence-electron chi connectivity index (χ0n) is 9.31. The molecule has 0 amide bonds. The molecule has 84 valence electrons. The second-order valence-electron chi connectivity index (χ2n) is 3.25. The fraction of sp³-hybridized carbons (Fsp3) is 0.0833. The van der Waals surface area contributed by atoms with Crippen molar-refractivity contribution in [2.24, 2.45) is 10.7 Å². The summed E-state index contributed by atoms with van der Waals surface area (Å²) >= 11 is 0. The number of hydrogen-bond acceptors (Lipinski definition) is 4. The Kier molecular flexibility index (Phi) is 4.29. The van der Waals surface area contributed by atoms with E-state index in [1.54, 1.807) is 12.1 Å². The van der Waals surface area contributed by atoms with Crippen molar-refractivity contribution in [3.63, 3.8) is 0 Å². The molecule has 1 aromatic carbocycles. The lowest BCUT2D eigenvalue weighted by Crippen LogP contribution is -2.00. The molecule has 0 heterocycles. The molecule has 0 bridgehead atoms. The van der Waals surface area contributed by atoms with Crippen LogP contribution in [0.4, 0.5) is 5.69 Å². The van der Waals surface area contributed by atoms with Crippen LogP contribution in [0.25, 0.3) is 0 Å². The molecule has 0 aliphatic rings. The summed E-state index contributed by atoms with van der Waals surface area (Å²) in [5.41, 5.74) is 6.97. The molecule has 0 fully saturated rings. The van der Waals surface area contributed by atoms with Crippen molar-refractivity contribution in [2.45, 2.75) is 6.92 Å². The Morgan fingerprint density at radius 3 is 2.47 bits per heavy atom. The smallest absolute Gasteiger partial charge is 0.175 e. The third kappa shape index (κ3) is 3.69. The van der Waals surface area contributed by atoms with Crippen LogP contribution >= 0.6 is 0 Å². The quantitative estimate of drug-likeness (QED) is 0.464. The largest absolute Gasteiger partial charge is 0.388 e. The molecule has 0 aliphatic carbocycles. The van der Waals surface area contributed by atoms with Crippen molar-refractivity contribution in [3.8, 4) is 12.1 Å². The molecule has 1 aromatic rings. The summed E-state index contributed by atoms with van der Waals surface area (Å²) in [5, 5.41) is 20.1. The number of nitrogens with one attached hydrogen (secondary N) is 1. The Morgan fingerprint density at radius 1 is 1.29 bits per heavy atom. The summed E-state index contributed by atoms with van der Waals surface area (Å²) in [5.74, 6) is 0. The van der Waals surface area contributed by atoms with E-state index in [0.717, 1.165) is 11.3 Å². The predicted molar refractivity (Wildman–Crippen MR) is 65.7 cm³/mol. The maximum absolute atomic E-state index is 8.68. The zero-order chi connectivity index (χ0) is 12.7. The molecule has 0 radical (unpaired) electrons. The highest BCUT2D eigenvalue weighted by Crippen LogP contribution is 2.07. The van der Waals surface area contributed by atoms with Crippen LogP contribution in [0, 0.1) is 29.6 Å². The van der Waals surface area contributed by atoms with Crippen molar-refractivity contribution in [1.29, 1.82) is 10.5 Å². The minimum absolute atomic E-state index is 0.105. The number of benzene rings is 1. The van der Waals surface area contributed by atoms with Crippen LogP contribution in [-0.4, -0.2) is 6.34 Å². The molecule has 0 spiro atoms. The van der Waals surface area contributed by atoms with Crippen LogP contribution in [0.3, 0.4) is 0 Å². The number of anilines is 1. The normalized spacial score (nSPS) is 11.5. The van der Waals surface area contributed by atoms with Crippen molar-refractivity contribution < 1.29 is 0 Å². The summed E-state index contributed by atoms with van der Waals surface area (Å²) in [6.07, 6.45) is 1.33. The number of allylic oxidation sites excluding steroid dienone is 2. The summed E-state index contributed by atoms with van der Waals surface area (Å²) in [4.78, 5) is 3.77. The van der Waals surface area contributed by atoms with Crippen LogP contribution in [-0.2, 0) is 0 Å². The molecule has 0 saturated carbocycles. The molecule has 0 unspecified atom stereocenters. The summed E-state index contributed by atoms with van der Waals surface area (Å²) in [6.45, 7) is 1.99. The summed E-state index contributed by atoms with van der Waals surface area (Å²) in [6, 6.07) is 11.1. The second kappa shape index (κ2) is 5.94. The van der Waals surface area contributed by atoms with Gasteiger partial charge in [0.1, 0.15) is 17.8 Å². The zero-order valence-corrected chi connectivity index (χ0v) is 9.31. The van der Waals surface area contributed by atoms with Gasteiger partial charge in [-0.25, -0.2) is 4.99 Å². The molecule has 0 aromatic heterocycles. The highest BCUT2D eigenvalue weighted by atomic mass is 14.9. The number of aryl methyl sites for hydroxylation is 1. The molecule has 0 atom stereocenters. The number of hydrogen-bond donors (Lipinski definition) is 2. The topological polar surface area (TPSA) is 98.0 Å². The maximum atomic E-state index is 8.68. The van der Waals surface area contributed by atoms with Gasteiger partial charge >= 0.3 is 0 Å². The fourth-order valence-corrected chi connectivity index (χ4v) is 1.03. The number of nitrogens with zero attached hydrogens (tertiary/aromatic N) is 3. The SMILES string of the molecule is Cc1ccc(NC=N/C(C#N)=C(\N)C#N)cc1. The van der Waals surface area contributed by atoms with E-state index in [9.17, 15) is 0 Å². The van der Waals surface area contributed by atoms with Gasteiger partial charge in [0.2, 0.25) is 0 Å². The first-order valence-electron chi connectivity index (χ1n) is 4.83. The van der Waals surface area contributed by atoms with Crippen LogP contribution in [0.5, 0.6) is 0 Å². The molecular weight excluding hydrogens is 214 g/mol. The summed E-state index contributed by atoms with van der Waals surface area (Å²) in [7, 11) is 0. The minimum atomic E-state index is -0.200. The first-order valence-corrected chi connectivity index (χ1v) is 4.83. The van der Waals surface area contributed by atoms with E-state index in [4.69, 9.17) is 16.3 Å². The van der Waals surface area contributed by atoms with E-state index in [1.807, 2.05) is 31.2 Å². The number of nitrogens with two attached hydrogens (primary N) is 1. The van der Waals surface area contributed by atoms with Crippen LogP contribution < -0.4 is 11.1 Å². The van der Waals surface area contributed by atoms with E-state index in [1.165, 1.54) is 6.34 Å². The van der Waals surface area contributed by atoms with Crippen molar-refractivity contribution in [2.75, 3.05) is 5.32 Å². The molecule has 0 aliphatic heterocycles. The van der Waals surface area contributed by atoms with Crippen molar-refractivity contribution in [3.05, 3.63) is 41.2 Å². The molecule has 1 rings (SSSR count). The van der Waals surface area contributed by atoms with Gasteiger partial charge in [0.15, 0.2) is 5.70 Å². The molecular formula is C12H11N5. The molecule has 17 heavy (non-hydrogen) atoms. The standard InChI is InChI=1S/C12H11N5/c1-9-2-4-10(5-3-9)16-8-17-12(7-14)11(15)6-13/h2-5,8H,15H2,1H3,(H,16,17)/b12-11-. The van der Waals surface area contributed by atoms with Gasteiger partial charge < -0.3 is 11.1 Å². The van der Waals surface area contributed by atoms with Crippen LogP contribution in [0.1, 0.15) is 5.56 Å².